The molecule has 9 heterocycles. The van der Waals surface area contributed by atoms with Gasteiger partial charge in [0.05, 0.1) is 0 Å². The van der Waals surface area contributed by atoms with Crippen LogP contribution in [0.4, 0.5) is 27.4 Å². The number of rotatable bonds is 8. The molecule has 5 aromatic rings. The van der Waals surface area contributed by atoms with Crippen LogP contribution in [0.1, 0.15) is 65.7 Å². The number of amides is 4. The number of piperidine rings is 3. The first-order chi connectivity index (χ1) is 31.6. The van der Waals surface area contributed by atoms with Gasteiger partial charge in [0, 0.05) is 123 Å². The smallest absolute Gasteiger partial charge is 0.255 e. The summed E-state index contributed by atoms with van der Waals surface area (Å²) in [6.45, 7) is 9.19. The quantitative estimate of drug-likeness (QED) is 0.178. The third kappa shape index (κ3) is 7.89. The van der Waals surface area contributed by atoms with Gasteiger partial charge in [-0.2, -0.15) is 5.10 Å². The summed E-state index contributed by atoms with van der Waals surface area (Å²) in [6.07, 6.45) is 8.66. The molecule has 3 saturated heterocycles. The summed E-state index contributed by atoms with van der Waals surface area (Å²) < 4.78 is 22.9. The van der Waals surface area contributed by atoms with Gasteiger partial charge >= 0.3 is 0 Å². The zero-order chi connectivity index (χ0) is 44.3. The summed E-state index contributed by atoms with van der Waals surface area (Å²) in [5, 5.41) is 15.3. The van der Waals surface area contributed by atoms with Gasteiger partial charge in [-0.05, 0) is 91.8 Å². The average molecular weight is 882 g/mol. The Bertz CT molecular complexity index is 2740. The lowest BCUT2D eigenvalue weighted by Crippen LogP contribution is -2.52. The maximum absolute atomic E-state index is 15.5. The van der Waals surface area contributed by atoms with Gasteiger partial charge < -0.3 is 35.0 Å². The van der Waals surface area contributed by atoms with Gasteiger partial charge in [0.25, 0.3) is 5.91 Å². The lowest BCUT2D eigenvalue weighted by Gasteiger charge is -2.41. The second kappa shape index (κ2) is 16.7. The van der Waals surface area contributed by atoms with Crippen molar-refractivity contribution in [1.82, 2.24) is 39.8 Å². The number of carbonyl (C=O) groups excluding carboxylic acids is 4. The Hall–Kier alpha value is -6.62. The topological polar surface area (TPSA) is 170 Å². The summed E-state index contributed by atoms with van der Waals surface area (Å²) in [5.74, 6) is 1.22. The molecule has 0 bridgehead atoms. The summed E-state index contributed by atoms with van der Waals surface area (Å²) in [4.78, 5) is 68.9. The number of nitrogens with zero attached hydrogens (tertiary/aromatic N) is 8. The molecule has 2 aromatic carbocycles. The molecule has 3 fully saturated rings. The summed E-state index contributed by atoms with van der Waals surface area (Å²) in [6, 6.07) is 12.9. The number of halogens is 1. The predicted molar refractivity (Wildman–Crippen MR) is 241 cm³/mol. The molecule has 65 heavy (non-hydrogen) atoms. The lowest BCUT2D eigenvalue weighted by atomic mass is 9.94. The van der Waals surface area contributed by atoms with Crippen LogP contribution in [0.2, 0.25) is 0 Å². The zero-order valence-corrected chi connectivity index (χ0v) is 36.4. The van der Waals surface area contributed by atoms with Crippen molar-refractivity contribution in [2.24, 2.45) is 5.92 Å². The molecule has 6 aliphatic heterocycles. The molecule has 3 aromatic heterocycles. The van der Waals surface area contributed by atoms with E-state index in [1.807, 2.05) is 37.3 Å². The van der Waals surface area contributed by atoms with E-state index in [-0.39, 0.29) is 48.5 Å². The van der Waals surface area contributed by atoms with Gasteiger partial charge in [-0.15, -0.1) is 0 Å². The Morgan fingerprint density at radius 2 is 1.66 bits per heavy atom. The van der Waals surface area contributed by atoms with E-state index in [1.54, 1.807) is 22.0 Å². The predicted octanol–water partition coefficient (Wildman–Crippen LogP) is 5.02. The van der Waals surface area contributed by atoms with Crippen molar-refractivity contribution in [1.29, 1.82) is 0 Å². The number of pyridine rings is 2. The van der Waals surface area contributed by atoms with E-state index in [0.717, 1.165) is 92.0 Å². The van der Waals surface area contributed by atoms with Crippen molar-refractivity contribution < 1.29 is 28.3 Å². The molecular weight excluding hydrogens is 830 g/mol. The molecule has 3 N–H and O–H groups in total. The van der Waals surface area contributed by atoms with E-state index in [9.17, 15) is 19.2 Å². The molecule has 1 atom stereocenters. The fourth-order valence-corrected chi connectivity index (χ4v) is 10.8. The number of imide groups is 1. The molecule has 336 valence electrons. The van der Waals surface area contributed by atoms with Crippen molar-refractivity contribution in [3.05, 3.63) is 83.1 Å². The third-order valence-corrected chi connectivity index (χ3v) is 14.4. The molecule has 4 amide bonds. The Labute approximate surface area is 375 Å². The second-order valence-electron chi connectivity index (χ2n) is 18.3. The first-order valence-corrected chi connectivity index (χ1v) is 23.0. The Morgan fingerprint density at radius 1 is 0.815 bits per heavy atom. The number of hydrogen-bond acceptors (Lipinski definition) is 12. The van der Waals surface area contributed by atoms with Crippen molar-refractivity contribution in [2.75, 3.05) is 68.0 Å². The standard InChI is InChI=1S/C48H52FN11O5/c1-28-38(24-52-47-45(28)50-11-17-65-47)37-18-31-20-41(51-23-32(31)19-39(37)49)53-42-22-35-10-16-58(44(62)27-60(35)55-42)33-8-12-56(13-9-33)25-29-6-14-57(15-7-29)34-3-2-30-26-59(48(64)36(30)21-34)40-4-5-43(61)54-46(40)63/h2-3,18-24,29,33,40,50H,4-17,25-27H2,1H3,(H,51,53,55)(H,54,61,63). The van der Waals surface area contributed by atoms with Gasteiger partial charge in [-0.3, -0.25) is 29.2 Å². The molecule has 6 aliphatic rings. The molecule has 17 heteroatoms. The van der Waals surface area contributed by atoms with Gasteiger partial charge in [0.2, 0.25) is 23.6 Å². The number of fused-ring (bicyclic) bond motifs is 4. The minimum atomic E-state index is -0.609. The first-order valence-electron chi connectivity index (χ1n) is 23.0. The molecule has 0 spiro atoms. The van der Waals surface area contributed by atoms with Gasteiger partial charge in [-0.25, -0.2) is 14.4 Å². The van der Waals surface area contributed by atoms with Gasteiger partial charge in [0.15, 0.2) is 5.82 Å². The molecule has 16 nitrogen and oxygen atoms in total. The van der Waals surface area contributed by atoms with Crippen LogP contribution < -0.4 is 25.6 Å². The maximum Gasteiger partial charge on any atom is 0.255 e. The van der Waals surface area contributed by atoms with E-state index in [2.05, 4.69) is 46.7 Å². The third-order valence-electron chi connectivity index (χ3n) is 14.4. The highest BCUT2D eigenvalue weighted by molar-refractivity contribution is 6.05. The lowest BCUT2D eigenvalue weighted by molar-refractivity contribution is -0.137. The van der Waals surface area contributed by atoms with Gasteiger partial charge in [-0.1, -0.05) is 6.07 Å². The molecule has 0 saturated carbocycles. The highest BCUT2D eigenvalue weighted by atomic mass is 19.1. The molecule has 0 aliphatic carbocycles. The van der Waals surface area contributed by atoms with Crippen LogP contribution in [0.15, 0.2) is 54.9 Å². The minimum absolute atomic E-state index is 0.0910. The van der Waals surface area contributed by atoms with Crippen molar-refractivity contribution >= 4 is 57.4 Å². The molecule has 1 unspecified atom stereocenters. The Morgan fingerprint density at radius 3 is 2.49 bits per heavy atom. The molecular formula is C48H52FN11O5. The fraction of sp³-hybridized carbons (Fsp3) is 0.438. The normalized spacial score (nSPS) is 20.8. The number of ether oxygens (including phenoxy) is 1. The molecule has 0 radical (unpaired) electrons. The monoisotopic (exact) mass is 881 g/mol. The number of hydrogen-bond donors (Lipinski definition) is 3. The van der Waals surface area contributed by atoms with E-state index in [4.69, 9.17) is 9.84 Å². The summed E-state index contributed by atoms with van der Waals surface area (Å²) >= 11 is 0. The average Bonchev–Trinajstić information content (AvgIpc) is 3.80. The number of carbonyl (C=O) groups is 4. The van der Waals surface area contributed by atoms with Crippen LogP contribution in [0.5, 0.6) is 5.88 Å². The number of anilines is 4. The highest BCUT2D eigenvalue weighted by Gasteiger charge is 2.40. The first kappa shape index (κ1) is 41.1. The number of likely N-dealkylation sites (tertiary alicyclic amines) is 1. The SMILES string of the molecule is Cc1c(-c2cc3cc(Nc4cc5n(n4)CC(=O)N(C4CCN(CC6CCN(c7ccc8c(c7)C(=O)N(C7CCC(=O)NC7=O)C8)CC6)CC4)CC5)ncc3cc2F)cnc2c1NCCO2. The van der Waals surface area contributed by atoms with Crippen molar-refractivity contribution in [2.45, 2.75) is 77.0 Å². The molecule has 11 rings (SSSR count). The van der Waals surface area contributed by atoms with Crippen LogP contribution in [-0.4, -0.2) is 123 Å². The Balaban J connectivity index is 0.661. The maximum atomic E-state index is 15.5. The van der Waals surface area contributed by atoms with Crippen LogP contribution in [0.25, 0.3) is 21.9 Å². The highest BCUT2D eigenvalue weighted by Crippen LogP contribution is 2.38. The number of nitrogens with one attached hydrogen (secondary N) is 3. The van der Waals surface area contributed by atoms with E-state index < -0.39 is 6.04 Å². The largest absolute Gasteiger partial charge is 0.474 e. The van der Waals surface area contributed by atoms with Gasteiger partial charge in [0.1, 0.15) is 36.5 Å². The van der Waals surface area contributed by atoms with E-state index in [1.165, 1.54) is 6.07 Å². The van der Waals surface area contributed by atoms with Crippen LogP contribution in [-0.2, 0) is 33.9 Å². The zero-order valence-electron chi connectivity index (χ0n) is 36.4. The number of aromatic nitrogens is 4. The minimum Gasteiger partial charge on any atom is -0.474 e. The number of benzene rings is 2. The van der Waals surface area contributed by atoms with E-state index in [0.29, 0.717) is 84.6 Å². The van der Waals surface area contributed by atoms with Crippen LogP contribution >= 0.6 is 0 Å². The van der Waals surface area contributed by atoms with Crippen molar-refractivity contribution in [3.8, 4) is 17.0 Å². The van der Waals surface area contributed by atoms with Crippen LogP contribution in [0.3, 0.4) is 0 Å². The summed E-state index contributed by atoms with van der Waals surface area (Å²) in [5.41, 5.74) is 6.42. The Kier molecular flexibility index (Phi) is 10.6. The van der Waals surface area contributed by atoms with Crippen molar-refractivity contribution in [3.63, 3.8) is 0 Å². The van der Waals surface area contributed by atoms with E-state index >= 15 is 4.39 Å². The fourth-order valence-electron chi connectivity index (χ4n) is 10.8. The summed E-state index contributed by atoms with van der Waals surface area (Å²) in [7, 11) is 0. The van der Waals surface area contributed by atoms with Crippen LogP contribution in [0, 0.1) is 18.7 Å². The second-order valence-corrected chi connectivity index (χ2v) is 18.3.